The summed E-state index contributed by atoms with van der Waals surface area (Å²) in [6, 6.07) is 16.0. The van der Waals surface area contributed by atoms with Crippen LogP contribution in [-0.2, 0) is 37.0 Å². The minimum absolute atomic E-state index is 0. The van der Waals surface area contributed by atoms with Gasteiger partial charge in [0, 0.05) is 29.6 Å². The number of amides is 1. The number of carbonyl (C=O) groups is 2. The number of hydrogen-bond acceptors (Lipinski definition) is 5. The predicted octanol–water partition coefficient (Wildman–Crippen LogP) is 4.44. The highest BCUT2D eigenvalue weighted by Gasteiger charge is 2.22. The molecule has 1 atom stereocenters. The Morgan fingerprint density at radius 2 is 1.79 bits per heavy atom. The number of aliphatic imine (C=N–C) groups is 1. The van der Waals surface area contributed by atoms with E-state index in [9.17, 15) is 14.7 Å². The topological polar surface area (TPSA) is 101 Å². The average molecular weight is 532 g/mol. The van der Waals surface area contributed by atoms with Crippen molar-refractivity contribution in [2.24, 2.45) is 4.99 Å². The lowest BCUT2D eigenvalue weighted by Crippen LogP contribution is -2.42. The van der Waals surface area contributed by atoms with E-state index >= 15 is 0 Å². The van der Waals surface area contributed by atoms with E-state index in [0.29, 0.717) is 18.7 Å². The zero-order chi connectivity index (χ0) is 25.6. The van der Waals surface area contributed by atoms with Crippen LogP contribution in [0.4, 0.5) is 0 Å². The van der Waals surface area contributed by atoms with Gasteiger partial charge >= 0.3 is 5.97 Å². The smallest absolute Gasteiger partial charge is 0.326 e. The van der Waals surface area contributed by atoms with E-state index in [-0.39, 0.29) is 19.9 Å². The Bertz CT molecular complexity index is 1320. The third-order valence-electron chi connectivity index (χ3n) is 6.95. The van der Waals surface area contributed by atoms with Crippen molar-refractivity contribution >= 4 is 31.6 Å². The molecule has 0 fully saturated rings. The van der Waals surface area contributed by atoms with Crippen molar-refractivity contribution in [3.8, 4) is 5.75 Å². The number of carboxylic acids is 1. The van der Waals surface area contributed by atoms with Gasteiger partial charge in [0.25, 0.3) is 5.91 Å². The Kier molecular flexibility index (Phi) is 9.18. The number of hydrogen-bond donors (Lipinski definition) is 2. The zero-order valence-electron chi connectivity index (χ0n) is 21.3. The van der Waals surface area contributed by atoms with Gasteiger partial charge in [0.15, 0.2) is 0 Å². The maximum Gasteiger partial charge on any atom is 0.326 e. The second kappa shape index (κ2) is 12.7. The fourth-order valence-electron chi connectivity index (χ4n) is 4.85. The SMILES string of the molecule is O=C(N[C@@H](Cc1ccc(OCCCc2ccc3c(n2)CCCC3)cc1)C(=O)O)c1ccc2c(c1)C=NC2.S. The van der Waals surface area contributed by atoms with Crippen LogP contribution < -0.4 is 10.1 Å². The van der Waals surface area contributed by atoms with E-state index in [2.05, 4.69) is 22.4 Å². The van der Waals surface area contributed by atoms with Crippen LogP contribution in [0.15, 0.2) is 59.6 Å². The lowest BCUT2D eigenvalue weighted by atomic mass is 9.95. The van der Waals surface area contributed by atoms with Crippen molar-refractivity contribution in [3.05, 3.63) is 93.8 Å². The number of carbonyl (C=O) groups excluding carboxylic acids is 1. The van der Waals surface area contributed by atoms with Crippen LogP contribution in [0.1, 0.15) is 63.3 Å². The van der Waals surface area contributed by atoms with Gasteiger partial charge in [-0.1, -0.05) is 24.3 Å². The van der Waals surface area contributed by atoms with Crippen LogP contribution in [0.3, 0.4) is 0 Å². The number of benzene rings is 2. The highest BCUT2D eigenvalue weighted by molar-refractivity contribution is 7.59. The Hall–Kier alpha value is -3.65. The van der Waals surface area contributed by atoms with Gasteiger partial charge in [0.2, 0.25) is 0 Å². The van der Waals surface area contributed by atoms with Crippen molar-refractivity contribution in [2.75, 3.05) is 6.61 Å². The molecule has 1 aliphatic heterocycles. The highest BCUT2D eigenvalue weighted by Crippen LogP contribution is 2.21. The third-order valence-corrected chi connectivity index (χ3v) is 6.95. The highest BCUT2D eigenvalue weighted by atomic mass is 32.1. The first-order valence-electron chi connectivity index (χ1n) is 12.9. The first-order chi connectivity index (χ1) is 18.0. The van der Waals surface area contributed by atoms with Gasteiger partial charge in [-0.3, -0.25) is 14.8 Å². The van der Waals surface area contributed by atoms with Crippen LogP contribution in [0.2, 0.25) is 0 Å². The molecule has 0 bridgehead atoms. The standard InChI is InChI=1S/C30H31N3O4.H2S/c34-29(22-9-10-23-18-31-19-24(23)17-22)33-28(30(35)36)16-20-7-13-26(14-8-20)37-15-3-5-25-12-11-21-4-1-2-6-27(21)32-25;/h7-14,17,19,28H,1-6,15-16,18H2,(H,33,34)(H,35,36);1H2/t28-;/m0./s1. The summed E-state index contributed by atoms with van der Waals surface area (Å²) < 4.78 is 5.88. The van der Waals surface area contributed by atoms with E-state index in [0.717, 1.165) is 53.8 Å². The monoisotopic (exact) mass is 531 g/mol. The number of rotatable bonds is 10. The van der Waals surface area contributed by atoms with Gasteiger partial charge in [0.1, 0.15) is 11.8 Å². The van der Waals surface area contributed by atoms with Crippen molar-refractivity contribution < 1.29 is 19.4 Å². The van der Waals surface area contributed by atoms with Crippen molar-refractivity contribution in [1.29, 1.82) is 0 Å². The van der Waals surface area contributed by atoms with Crippen LogP contribution in [0.5, 0.6) is 5.75 Å². The summed E-state index contributed by atoms with van der Waals surface area (Å²) in [5.41, 5.74) is 6.96. The normalized spacial score (nSPS) is 14.1. The third kappa shape index (κ3) is 6.81. The molecule has 0 saturated heterocycles. The van der Waals surface area contributed by atoms with Gasteiger partial charge in [-0.2, -0.15) is 13.5 Å². The summed E-state index contributed by atoms with van der Waals surface area (Å²) in [5.74, 6) is -0.756. The van der Waals surface area contributed by atoms with Gasteiger partial charge in [-0.15, -0.1) is 0 Å². The van der Waals surface area contributed by atoms with Gasteiger partial charge in [-0.25, -0.2) is 4.79 Å². The van der Waals surface area contributed by atoms with Crippen LogP contribution >= 0.6 is 13.5 Å². The quantitative estimate of drug-likeness (QED) is 0.377. The summed E-state index contributed by atoms with van der Waals surface area (Å²) in [6.45, 7) is 1.19. The number of nitrogens with one attached hydrogen (secondary N) is 1. The van der Waals surface area contributed by atoms with E-state index in [1.54, 1.807) is 18.3 Å². The second-order valence-electron chi connectivity index (χ2n) is 9.66. The fourth-order valence-corrected chi connectivity index (χ4v) is 4.85. The Morgan fingerprint density at radius 3 is 2.61 bits per heavy atom. The maximum atomic E-state index is 12.7. The Balaban J connectivity index is 0.00000336. The lowest BCUT2D eigenvalue weighted by Gasteiger charge is -2.16. The number of pyridine rings is 1. The van der Waals surface area contributed by atoms with Gasteiger partial charge in [-0.05, 0) is 91.1 Å². The van der Waals surface area contributed by atoms with Crippen molar-refractivity contribution in [1.82, 2.24) is 10.3 Å². The summed E-state index contributed by atoms with van der Waals surface area (Å²) in [5, 5.41) is 12.3. The summed E-state index contributed by atoms with van der Waals surface area (Å²) in [4.78, 5) is 33.5. The molecule has 2 N–H and O–H groups in total. The Morgan fingerprint density at radius 1 is 1.00 bits per heavy atom. The molecule has 38 heavy (non-hydrogen) atoms. The number of fused-ring (bicyclic) bond motifs is 2. The summed E-state index contributed by atoms with van der Waals surface area (Å²) in [7, 11) is 0. The van der Waals surface area contributed by atoms with Crippen LogP contribution in [0.25, 0.3) is 0 Å². The van der Waals surface area contributed by atoms with Gasteiger partial charge < -0.3 is 15.2 Å². The summed E-state index contributed by atoms with van der Waals surface area (Å²) in [6.07, 6.45) is 8.38. The molecule has 2 aliphatic rings. The molecule has 0 spiro atoms. The second-order valence-corrected chi connectivity index (χ2v) is 9.66. The summed E-state index contributed by atoms with van der Waals surface area (Å²) >= 11 is 0. The van der Waals surface area contributed by atoms with Crippen molar-refractivity contribution in [2.45, 2.75) is 57.5 Å². The first-order valence-corrected chi connectivity index (χ1v) is 12.9. The number of ether oxygens (including phenoxy) is 1. The minimum Gasteiger partial charge on any atom is -0.494 e. The Labute approximate surface area is 229 Å². The molecule has 5 rings (SSSR count). The number of aliphatic carboxylic acids is 1. The molecule has 3 aromatic rings. The van der Waals surface area contributed by atoms with Gasteiger partial charge in [0.05, 0.1) is 13.2 Å². The minimum atomic E-state index is -1.08. The molecule has 8 heteroatoms. The number of nitrogens with zero attached hydrogens (tertiary/aromatic N) is 2. The largest absolute Gasteiger partial charge is 0.494 e. The zero-order valence-corrected chi connectivity index (χ0v) is 22.3. The molecular formula is C30H33N3O4S. The lowest BCUT2D eigenvalue weighted by molar-refractivity contribution is -0.139. The molecule has 198 valence electrons. The molecule has 1 amide bonds. The van der Waals surface area contributed by atoms with E-state index < -0.39 is 17.9 Å². The molecule has 0 saturated carbocycles. The fraction of sp³-hybridized carbons (Fsp3) is 0.333. The van der Waals surface area contributed by atoms with E-state index in [4.69, 9.17) is 9.72 Å². The molecule has 1 aliphatic carbocycles. The molecule has 2 heterocycles. The molecule has 0 unspecified atom stereocenters. The van der Waals surface area contributed by atoms with Crippen LogP contribution in [0, 0.1) is 0 Å². The van der Waals surface area contributed by atoms with Crippen molar-refractivity contribution in [3.63, 3.8) is 0 Å². The molecule has 0 radical (unpaired) electrons. The number of carboxylic acid groups (broad SMARTS) is 1. The number of aromatic nitrogens is 1. The molecule has 7 nitrogen and oxygen atoms in total. The number of aryl methyl sites for hydroxylation is 3. The van der Waals surface area contributed by atoms with Crippen LogP contribution in [-0.4, -0.2) is 40.8 Å². The molecule has 1 aromatic heterocycles. The average Bonchev–Trinajstić information content (AvgIpc) is 3.39. The predicted molar refractivity (Wildman–Crippen MR) is 152 cm³/mol. The van der Waals surface area contributed by atoms with E-state index in [1.165, 1.54) is 24.1 Å². The van der Waals surface area contributed by atoms with E-state index in [1.807, 2.05) is 30.3 Å². The molecular weight excluding hydrogens is 498 g/mol. The maximum absolute atomic E-state index is 12.7. The molecule has 2 aromatic carbocycles. The first kappa shape index (κ1) is 27.4.